The van der Waals surface area contributed by atoms with Gasteiger partial charge in [0.2, 0.25) is 0 Å². The molecular weight excluding hydrogens is 363 g/mol. The molecule has 1 aliphatic heterocycles. The summed E-state index contributed by atoms with van der Waals surface area (Å²) in [6.45, 7) is -0.0192. The number of halogens is 3. The predicted octanol–water partition coefficient (Wildman–Crippen LogP) is 4.73. The van der Waals surface area contributed by atoms with Gasteiger partial charge >= 0.3 is 6.18 Å². The molecule has 0 fully saturated rings. The van der Waals surface area contributed by atoms with E-state index in [-0.39, 0.29) is 18.1 Å². The molecule has 0 bridgehead atoms. The first kappa shape index (κ1) is 16.7. The molecule has 8 heteroatoms. The van der Waals surface area contributed by atoms with Crippen LogP contribution in [0.2, 0.25) is 0 Å². The number of fused-ring (bicyclic) bond motifs is 2. The molecule has 1 aliphatic rings. The molecule has 132 valence electrons. The monoisotopic (exact) mass is 375 g/mol. The molecule has 3 aromatic rings. The lowest BCUT2D eigenvalue weighted by Crippen LogP contribution is -2.31. The molecule has 1 amide bonds. The Morgan fingerprint density at radius 3 is 2.58 bits per heavy atom. The number of hydrogen-bond acceptors (Lipinski definition) is 3. The van der Waals surface area contributed by atoms with E-state index in [2.05, 4.69) is 4.98 Å². The van der Waals surface area contributed by atoms with E-state index < -0.39 is 11.7 Å². The zero-order chi connectivity index (χ0) is 18.3. The van der Waals surface area contributed by atoms with Gasteiger partial charge < -0.3 is 4.57 Å². The highest BCUT2D eigenvalue weighted by atomic mass is 32.2. The summed E-state index contributed by atoms with van der Waals surface area (Å²) in [7, 11) is 0. The van der Waals surface area contributed by atoms with Crippen LogP contribution in [0.4, 0.5) is 24.5 Å². The van der Waals surface area contributed by atoms with Gasteiger partial charge in [-0.05, 0) is 30.3 Å². The molecule has 1 aromatic heterocycles. The van der Waals surface area contributed by atoms with Crippen LogP contribution >= 0.6 is 11.8 Å². The van der Waals surface area contributed by atoms with E-state index in [1.807, 2.05) is 12.1 Å². The van der Waals surface area contributed by atoms with Crippen molar-refractivity contribution in [3.63, 3.8) is 0 Å². The van der Waals surface area contributed by atoms with Gasteiger partial charge in [-0.1, -0.05) is 23.9 Å². The smallest absolute Gasteiger partial charge is 0.328 e. The summed E-state index contributed by atoms with van der Waals surface area (Å²) in [5, 5.41) is 0. The van der Waals surface area contributed by atoms with E-state index >= 15 is 0 Å². The van der Waals surface area contributed by atoms with Crippen LogP contribution in [0.25, 0.3) is 0 Å². The zero-order valence-corrected chi connectivity index (χ0v) is 14.1. The number of hydrogen-bond donors (Lipinski definition) is 0. The van der Waals surface area contributed by atoms with Crippen molar-refractivity contribution in [2.45, 2.75) is 22.5 Å². The van der Waals surface area contributed by atoms with Crippen molar-refractivity contribution in [2.24, 2.45) is 0 Å². The average Bonchev–Trinajstić information content (AvgIpc) is 3.11. The number of carbonyl (C=O) groups excluding carboxylic acids is 1. The number of benzene rings is 2. The van der Waals surface area contributed by atoms with Crippen LogP contribution in [0.15, 0.2) is 71.0 Å². The number of aromatic nitrogens is 2. The summed E-state index contributed by atoms with van der Waals surface area (Å²) in [4.78, 5) is 19.6. The lowest BCUT2D eigenvalue weighted by molar-refractivity contribution is -0.137. The summed E-state index contributed by atoms with van der Waals surface area (Å²) in [6.07, 6.45) is 0.198. The molecule has 26 heavy (non-hydrogen) atoms. The second kappa shape index (κ2) is 6.21. The number of alkyl halides is 3. The third-order valence-electron chi connectivity index (χ3n) is 3.98. The molecule has 4 nitrogen and oxygen atoms in total. The Hall–Kier alpha value is -2.74. The lowest BCUT2D eigenvalue weighted by Gasteiger charge is -2.31. The normalized spacial score (nSPS) is 13.3. The SMILES string of the molecule is O=C(Cn1ccnc1)N1c2ccccc2Sc2ccc(C(F)(F)F)cc21. The third kappa shape index (κ3) is 2.96. The van der Waals surface area contributed by atoms with Crippen molar-refractivity contribution in [3.8, 4) is 0 Å². The van der Waals surface area contributed by atoms with Crippen LogP contribution in [-0.4, -0.2) is 15.5 Å². The number of nitrogens with zero attached hydrogens (tertiary/aromatic N) is 3. The summed E-state index contributed by atoms with van der Waals surface area (Å²) < 4.78 is 41.1. The second-order valence-electron chi connectivity index (χ2n) is 5.71. The molecule has 4 rings (SSSR count). The zero-order valence-electron chi connectivity index (χ0n) is 13.3. The van der Waals surface area contributed by atoms with E-state index in [0.29, 0.717) is 10.6 Å². The maximum atomic E-state index is 13.2. The minimum atomic E-state index is -4.48. The van der Waals surface area contributed by atoms with Gasteiger partial charge in [0.05, 0.1) is 23.3 Å². The lowest BCUT2D eigenvalue weighted by atomic mass is 10.1. The van der Waals surface area contributed by atoms with Crippen LogP contribution in [0.1, 0.15) is 5.56 Å². The maximum absolute atomic E-state index is 13.2. The Kier molecular flexibility index (Phi) is 3.99. The maximum Gasteiger partial charge on any atom is 0.416 e. The first-order valence-corrected chi connectivity index (χ1v) is 8.52. The number of imidazole rings is 1. The highest BCUT2D eigenvalue weighted by Gasteiger charge is 2.34. The largest absolute Gasteiger partial charge is 0.416 e. The van der Waals surface area contributed by atoms with Gasteiger partial charge in [0.25, 0.3) is 5.91 Å². The third-order valence-corrected chi connectivity index (χ3v) is 5.11. The quantitative estimate of drug-likeness (QED) is 0.650. The number of para-hydroxylation sites is 1. The van der Waals surface area contributed by atoms with Gasteiger partial charge in [-0.15, -0.1) is 0 Å². The van der Waals surface area contributed by atoms with Crippen LogP contribution in [0.3, 0.4) is 0 Å². The fourth-order valence-corrected chi connectivity index (χ4v) is 3.85. The number of carbonyl (C=O) groups is 1. The van der Waals surface area contributed by atoms with Gasteiger partial charge in [-0.2, -0.15) is 13.2 Å². The standard InChI is InChI=1S/C18H12F3N3OS/c19-18(20,21)12-5-6-16-14(9-12)24(13-3-1-2-4-15(13)26-16)17(25)10-23-8-7-22-11-23/h1-9,11H,10H2. The minimum Gasteiger partial charge on any atom is -0.328 e. The van der Waals surface area contributed by atoms with Gasteiger partial charge in [0.15, 0.2) is 0 Å². The van der Waals surface area contributed by atoms with Crippen molar-refractivity contribution >= 4 is 29.0 Å². The van der Waals surface area contributed by atoms with Crippen molar-refractivity contribution < 1.29 is 18.0 Å². The molecule has 0 saturated carbocycles. The van der Waals surface area contributed by atoms with Gasteiger partial charge in [0.1, 0.15) is 6.54 Å². The molecule has 2 heterocycles. The molecule has 0 unspecified atom stereocenters. The fraction of sp³-hybridized carbons (Fsp3) is 0.111. The number of anilines is 2. The highest BCUT2D eigenvalue weighted by Crippen LogP contribution is 2.49. The molecule has 0 saturated heterocycles. The van der Waals surface area contributed by atoms with Crippen molar-refractivity contribution in [1.82, 2.24) is 9.55 Å². The first-order valence-electron chi connectivity index (χ1n) is 7.70. The van der Waals surface area contributed by atoms with Gasteiger partial charge in [-0.3, -0.25) is 9.69 Å². The molecular formula is C18H12F3N3OS. The van der Waals surface area contributed by atoms with Crippen molar-refractivity contribution in [1.29, 1.82) is 0 Å². The van der Waals surface area contributed by atoms with E-state index in [9.17, 15) is 18.0 Å². The Morgan fingerprint density at radius 1 is 1.08 bits per heavy atom. The average molecular weight is 375 g/mol. The molecule has 0 N–H and O–H groups in total. The molecule has 2 aromatic carbocycles. The van der Waals surface area contributed by atoms with Crippen LogP contribution in [0, 0.1) is 0 Å². The van der Waals surface area contributed by atoms with Gasteiger partial charge in [0, 0.05) is 22.2 Å². The van der Waals surface area contributed by atoms with E-state index in [1.165, 1.54) is 29.1 Å². The molecule has 0 spiro atoms. The molecule has 0 atom stereocenters. The Morgan fingerprint density at radius 2 is 1.85 bits per heavy atom. The van der Waals surface area contributed by atoms with Crippen LogP contribution in [0.5, 0.6) is 0 Å². The Labute approximate surface area is 151 Å². The van der Waals surface area contributed by atoms with Crippen molar-refractivity contribution in [2.75, 3.05) is 4.90 Å². The second-order valence-corrected chi connectivity index (χ2v) is 6.80. The van der Waals surface area contributed by atoms with Crippen molar-refractivity contribution in [3.05, 3.63) is 66.7 Å². The number of rotatable bonds is 2. The topological polar surface area (TPSA) is 38.1 Å². The highest BCUT2D eigenvalue weighted by molar-refractivity contribution is 7.99. The first-order chi connectivity index (χ1) is 12.4. The predicted molar refractivity (Wildman–Crippen MR) is 91.4 cm³/mol. The molecule has 0 aliphatic carbocycles. The van der Waals surface area contributed by atoms with E-state index in [4.69, 9.17) is 0 Å². The van der Waals surface area contributed by atoms with Crippen LogP contribution in [-0.2, 0) is 17.5 Å². The van der Waals surface area contributed by atoms with E-state index in [0.717, 1.165) is 17.0 Å². The summed E-state index contributed by atoms with van der Waals surface area (Å²) in [5.41, 5.74) is 0.0414. The molecule has 0 radical (unpaired) electrons. The summed E-state index contributed by atoms with van der Waals surface area (Å²) >= 11 is 1.35. The Balaban J connectivity index is 1.82. The van der Waals surface area contributed by atoms with E-state index in [1.54, 1.807) is 29.1 Å². The summed E-state index contributed by atoms with van der Waals surface area (Å²) in [5.74, 6) is -0.337. The Bertz CT molecular complexity index is 970. The summed E-state index contributed by atoms with van der Waals surface area (Å²) in [6, 6.07) is 10.7. The van der Waals surface area contributed by atoms with Gasteiger partial charge in [-0.25, -0.2) is 4.98 Å². The number of amides is 1. The fourth-order valence-electron chi connectivity index (χ4n) is 2.81. The van der Waals surface area contributed by atoms with Crippen LogP contribution < -0.4 is 4.90 Å². The minimum absolute atomic E-state index is 0.0192.